The van der Waals surface area contributed by atoms with Crippen molar-refractivity contribution in [1.29, 1.82) is 0 Å². The Kier molecular flexibility index (Phi) is 4.72. The molecule has 0 aliphatic carbocycles. The Labute approximate surface area is 167 Å². The fraction of sp³-hybridized carbons (Fsp3) is 0.136. The van der Waals surface area contributed by atoms with Crippen LogP contribution in [-0.2, 0) is 11.3 Å². The smallest absolute Gasteiger partial charge is 0.303 e. The van der Waals surface area contributed by atoms with E-state index in [2.05, 4.69) is 10.3 Å². The number of hydrogen-bond acceptors (Lipinski definition) is 3. The van der Waals surface area contributed by atoms with E-state index in [9.17, 15) is 14.0 Å². The van der Waals surface area contributed by atoms with Crippen molar-refractivity contribution in [2.75, 3.05) is 0 Å². The average Bonchev–Trinajstić information content (AvgIpc) is 3.14. The lowest BCUT2D eigenvalue weighted by molar-refractivity contribution is -0.123. The number of halogens is 1. The van der Waals surface area contributed by atoms with E-state index in [0.29, 0.717) is 5.56 Å². The minimum Gasteiger partial charge on any atom is -0.303 e. The number of amides is 3. The van der Waals surface area contributed by atoms with Gasteiger partial charge in [0.15, 0.2) is 0 Å². The van der Waals surface area contributed by atoms with Crippen molar-refractivity contribution < 1.29 is 14.0 Å². The second-order valence-electron chi connectivity index (χ2n) is 6.86. The fourth-order valence-electron chi connectivity index (χ4n) is 3.42. The summed E-state index contributed by atoms with van der Waals surface area (Å²) in [5, 5.41) is 2.63. The largest absolute Gasteiger partial charge is 0.329 e. The summed E-state index contributed by atoms with van der Waals surface area (Å²) in [5.41, 5.74) is 3.57. The van der Waals surface area contributed by atoms with Gasteiger partial charge in [-0.25, -0.2) is 14.2 Å². The molecule has 6 nitrogen and oxygen atoms in total. The molecule has 7 heteroatoms. The van der Waals surface area contributed by atoms with Crippen LogP contribution in [-0.4, -0.2) is 26.4 Å². The van der Waals surface area contributed by atoms with Crippen molar-refractivity contribution in [3.8, 4) is 5.82 Å². The summed E-state index contributed by atoms with van der Waals surface area (Å²) in [6.45, 7) is 3.97. The summed E-state index contributed by atoms with van der Waals surface area (Å²) >= 11 is 0. The fourth-order valence-corrected chi connectivity index (χ4v) is 3.42. The molecule has 0 atom stereocenters. The Morgan fingerprint density at radius 1 is 1.10 bits per heavy atom. The van der Waals surface area contributed by atoms with E-state index in [1.165, 1.54) is 12.1 Å². The van der Waals surface area contributed by atoms with Crippen LogP contribution < -0.4 is 5.32 Å². The number of carbonyl (C=O) groups excluding carboxylic acids is 2. The van der Waals surface area contributed by atoms with Gasteiger partial charge in [0, 0.05) is 17.6 Å². The van der Waals surface area contributed by atoms with E-state index in [0.717, 1.165) is 27.7 Å². The van der Waals surface area contributed by atoms with Gasteiger partial charge in [0.2, 0.25) is 0 Å². The van der Waals surface area contributed by atoms with E-state index in [1.807, 2.05) is 42.7 Å². The number of urea groups is 1. The molecule has 1 N–H and O–H groups in total. The lowest BCUT2D eigenvalue weighted by Gasteiger charge is -2.11. The lowest BCUT2D eigenvalue weighted by atomic mass is 10.2. The minimum absolute atomic E-state index is 0.0786. The van der Waals surface area contributed by atoms with Crippen LogP contribution in [0.4, 0.5) is 9.18 Å². The SMILES string of the molecule is Cc1cc(/C=C2\NC(=O)N(Cc3ccc(F)cc3)C2=O)c(C)n1-c1ccccn1. The molecule has 3 aromatic rings. The second kappa shape index (κ2) is 7.35. The molecule has 4 rings (SSSR count). The molecule has 1 fully saturated rings. The van der Waals surface area contributed by atoms with Crippen molar-refractivity contribution >= 4 is 18.0 Å². The number of aromatic nitrogens is 2. The first-order valence-electron chi connectivity index (χ1n) is 9.13. The summed E-state index contributed by atoms with van der Waals surface area (Å²) in [4.78, 5) is 30.5. The molecule has 1 aliphatic heterocycles. The number of hydrogen-bond donors (Lipinski definition) is 1. The van der Waals surface area contributed by atoms with Crippen molar-refractivity contribution in [1.82, 2.24) is 19.8 Å². The van der Waals surface area contributed by atoms with Crippen molar-refractivity contribution in [3.63, 3.8) is 0 Å². The normalized spacial score (nSPS) is 15.3. The van der Waals surface area contributed by atoms with Crippen LogP contribution in [0.5, 0.6) is 0 Å². The van der Waals surface area contributed by atoms with Crippen molar-refractivity contribution in [3.05, 3.63) is 88.8 Å². The van der Waals surface area contributed by atoms with Crippen LogP contribution in [0.2, 0.25) is 0 Å². The number of nitrogens with zero attached hydrogens (tertiary/aromatic N) is 3. The standard InChI is InChI=1S/C22H19FN4O2/c1-14-11-17(15(2)27(14)20-5-3-4-10-24-20)12-19-21(28)26(22(29)25-19)13-16-6-8-18(23)9-7-16/h3-12H,13H2,1-2H3,(H,25,29)/b19-12-. The van der Waals surface area contributed by atoms with Gasteiger partial charge in [0.1, 0.15) is 17.3 Å². The molecule has 0 saturated carbocycles. The molecular weight excluding hydrogens is 371 g/mol. The summed E-state index contributed by atoms with van der Waals surface area (Å²) in [6.07, 6.45) is 3.40. The van der Waals surface area contributed by atoms with Crippen LogP contribution in [0.15, 0.2) is 60.4 Å². The lowest BCUT2D eigenvalue weighted by Crippen LogP contribution is -2.30. The van der Waals surface area contributed by atoms with Gasteiger partial charge < -0.3 is 9.88 Å². The summed E-state index contributed by atoms with van der Waals surface area (Å²) in [6, 6.07) is 12.8. The first kappa shape index (κ1) is 18.6. The Hall–Kier alpha value is -3.74. The summed E-state index contributed by atoms with van der Waals surface area (Å²) in [7, 11) is 0. The molecule has 0 bridgehead atoms. The molecule has 0 unspecified atom stereocenters. The zero-order valence-electron chi connectivity index (χ0n) is 16.0. The van der Waals surface area contributed by atoms with E-state index in [-0.39, 0.29) is 18.1 Å². The number of imide groups is 1. The van der Waals surface area contributed by atoms with E-state index in [4.69, 9.17) is 0 Å². The maximum atomic E-state index is 13.1. The minimum atomic E-state index is -0.496. The van der Waals surface area contributed by atoms with E-state index in [1.54, 1.807) is 24.4 Å². The third-order valence-corrected chi connectivity index (χ3v) is 4.86. The van der Waals surface area contributed by atoms with Gasteiger partial charge >= 0.3 is 6.03 Å². The Bertz CT molecular complexity index is 1120. The van der Waals surface area contributed by atoms with Crippen molar-refractivity contribution in [2.45, 2.75) is 20.4 Å². The van der Waals surface area contributed by atoms with Gasteiger partial charge in [0.05, 0.1) is 6.54 Å². The zero-order chi connectivity index (χ0) is 20.5. The third kappa shape index (κ3) is 3.54. The highest BCUT2D eigenvalue weighted by molar-refractivity contribution is 6.13. The van der Waals surface area contributed by atoms with Gasteiger partial charge in [0.25, 0.3) is 5.91 Å². The van der Waals surface area contributed by atoms with Crippen LogP contribution >= 0.6 is 0 Å². The highest BCUT2D eigenvalue weighted by Crippen LogP contribution is 2.23. The van der Waals surface area contributed by atoms with Crippen molar-refractivity contribution in [2.24, 2.45) is 0 Å². The molecule has 2 aromatic heterocycles. The highest BCUT2D eigenvalue weighted by atomic mass is 19.1. The Morgan fingerprint density at radius 3 is 2.55 bits per heavy atom. The number of pyridine rings is 1. The first-order valence-corrected chi connectivity index (χ1v) is 9.13. The van der Waals surface area contributed by atoms with E-state index < -0.39 is 11.9 Å². The number of carbonyl (C=O) groups is 2. The summed E-state index contributed by atoms with van der Waals surface area (Å²) in [5.74, 6) is 0.00336. The van der Waals surface area contributed by atoms with Gasteiger partial charge in [-0.05, 0) is 61.4 Å². The maximum absolute atomic E-state index is 13.1. The zero-order valence-corrected chi connectivity index (χ0v) is 16.0. The van der Waals surface area contributed by atoms with Gasteiger partial charge in [-0.1, -0.05) is 18.2 Å². The maximum Gasteiger partial charge on any atom is 0.329 e. The predicted molar refractivity (Wildman–Crippen MR) is 106 cm³/mol. The van der Waals surface area contributed by atoms with Gasteiger partial charge in [-0.2, -0.15) is 0 Å². The molecule has 29 heavy (non-hydrogen) atoms. The van der Waals surface area contributed by atoms with Crippen LogP contribution in [0, 0.1) is 19.7 Å². The molecule has 0 spiro atoms. The first-order chi connectivity index (χ1) is 13.9. The quantitative estimate of drug-likeness (QED) is 0.545. The highest BCUT2D eigenvalue weighted by Gasteiger charge is 2.33. The molecule has 1 aliphatic rings. The molecule has 1 aromatic carbocycles. The van der Waals surface area contributed by atoms with Crippen LogP contribution in [0.25, 0.3) is 11.9 Å². The number of benzene rings is 1. The monoisotopic (exact) mass is 390 g/mol. The molecule has 3 heterocycles. The second-order valence-corrected chi connectivity index (χ2v) is 6.86. The molecular formula is C22H19FN4O2. The molecule has 0 radical (unpaired) electrons. The van der Waals surface area contributed by atoms with Gasteiger partial charge in [-0.15, -0.1) is 0 Å². The Balaban J connectivity index is 1.62. The average molecular weight is 390 g/mol. The number of rotatable bonds is 4. The summed E-state index contributed by atoms with van der Waals surface area (Å²) < 4.78 is 15.1. The van der Waals surface area contributed by atoms with Crippen LogP contribution in [0.1, 0.15) is 22.5 Å². The van der Waals surface area contributed by atoms with E-state index >= 15 is 0 Å². The van der Waals surface area contributed by atoms with Crippen LogP contribution in [0.3, 0.4) is 0 Å². The molecule has 1 saturated heterocycles. The number of aryl methyl sites for hydroxylation is 1. The molecule has 146 valence electrons. The number of nitrogens with one attached hydrogen (secondary N) is 1. The third-order valence-electron chi connectivity index (χ3n) is 4.86. The Morgan fingerprint density at radius 2 is 1.86 bits per heavy atom. The molecule has 3 amide bonds. The topological polar surface area (TPSA) is 67.2 Å². The predicted octanol–water partition coefficient (Wildman–Crippen LogP) is 3.72. The van der Waals surface area contributed by atoms with Gasteiger partial charge in [-0.3, -0.25) is 9.69 Å².